The lowest BCUT2D eigenvalue weighted by Crippen LogP contribution is -2.40. The minimum absolute atomic E-state index is 0.0293. The Labute approximate surface area is 162 Å². The Kier molecular flexibility index (Phi) is 8.65. The number of aliphatic hydroxyl groups is 1. The molecule has 0 aliphatic carbocycles. The molecule has 0 fully saturated rings. The molecule has 0 saturated carbocycles. The number of para-hydroxylation sites is 1. The van der Waals surface area contributed by atoms with Gasteiger partial charge in [-0.1, -0.05) is 55.5 Å². The van der Waals surface area contributed by atoms with Gasteiger partial charge in [0.1, 0.15) is 5.75 Å². The Morgan fingerprint density at radius 1 is 1.07 bits per heavy atom. The Bertz CT molecular complexity index is 704. The van der Waals surface area contributed by atoms with Gasteiger partial charge in [-0.05, 0) is 24.1 Å². The van der Waals surface area contributed by atoms with E-state index in [-0.39, 0.29) is 18.4 Å². The fourth-order valence-electron chi connectivity index (χ4n) is 2.97. The van der Waals surface area contributed by atoms with Crippen molar-refractivity contribution in [3.8, 4) is 5.75 Å². The smallest absolute Gasteiger partial charge is 0.191 e. The average molecular weight is 370 g/mol. The quantitative estimate of drug-likeness (QED) is 0.469. The highest BCUT2D eigenvalue weighted by Crippen LogP contribution is 2.26. The van der Waals surface area contributed by atoms with Crippen LogP contribution in [-0.4, -0.2) is 44.4 Å². The van der Waals surface area contributed by atoms with Gasteiger partial charge >= 0.3 is 0 Å². The number of aliphatic hydroxyl groups excluding tert-OH is 1. The standard InChI is InChI=1S/C22H31N3O2/c1-4-23-22(25-15-19(16-26)18-10-6-5-7-11-18)24-14-17(2)20-12-8-9-13-21(20)27-3/h5-13,17,19,26H,4,14-16H2,1-3H3,(H2,23,24,25). The van der Waals surface area contributed by atoms with Gasteiger partial charge in [-0.25, -0.2) is 0 Å². The minimum atomic E-state index is 0.0293. The number of aliphatic imine (C=N–C) groups is 1. The van der Waals surface area contributed by atoms with Crippen molar-refractivity contribution in [3.05, 3.63) is 65.7 Å². The van der Waals surface area contributed by atoms with Crippen LogP contribution in [0.1, 0.15) is 36.8 Å². The lowest BCUT2D eigenvalue weighted by atomic mass is 10.00. The number of guanidine groups is 1. The first kappa shape index (κ1) is 20.8. The van der Waals surface area contributed by atoms with E-state index < -0.39 is 0 Å². The molecule has 3 N–H and O–H groups in total. The van der Waals surface area contributed by atoms with Crippen molar-refractivity contribution in [3.63, 3.8) is 0 Å². The van der Waals surface area contributed by atoms with Crippen molar-refractivity contribution in [2.24, 2.45) is 4.99 Å². The van der Waals surface area contributed by atoms with E-state index in [9.17, 15) is 5.11 Å². The molecule has 27 heavy (non-hydrogen) atoms. The minimum Gasteiger partial charge on any atom is -0.496 e. The zero-order valence-electron chi connectivity index (χ0n) is 16.5. The van der Waals surface area contributed by atoms with Crippen molar-refractivity contribution in [1.29, 1.82) is 0 Å². The van der Waals surface area contributed by atoms with E-state index in [4.69, 9.17) is 9.73 Å². The molecule has 0 aromatic heterocycles. The zero-order chi connectivity index (χ0) is 19.5. The molecule has 0 saturated heterocycles. The lowest BCUT2D eigenvalue weighted by molar-refractivity contribution is 0.265. The number of hydrogen-bond donors (Lipinski definition) is 3. The molecule has 2 aromatic rings. The van der Waals surface area contributed by atoms with Crippen LogP contribution >= 0.6 is 0 Å². The summed E-state index contributed by atoms with van der Waals surface area (Å²) in [5.74, 6) is 1.91. The molecule has 0 aliphatic heterocycles. The maximum atomic E-state index is 9.73. The third kappa shape index (κ3) is 6.29. The molecule has 2 rings (SSSR count). The van der Waals surface area contributed by atoms with Crippen LogP contribution in [0.4, 0.5) is 0 Å². The Morgan fingerprint density at radius 2 is 1.78 bits per heavy atom. The second-order valence-electron chi connectivity index (χ2n) is 6.53. The van der Waals surface area contributed by atoms with Crippen molar-refractivity contribution >= 4 is 5.96 Å². The van der Waals surface area contributed by atoms with E-state index in [1.165, 1.54) is 0 Å². The van der Waals surface area contributed by atoms with Crippen molar-refractivity contribution < 1.29 is 9.84 Å². The van der Waals surface area contributed by atoms with Gasteiger partial charge in [0.25, 0.3) is 0 Å². The van der Waals surface area contributed by atoms with Gasteiger partial charge in [0.15, 0.2) is 5.96 Å². The second kappa shape index (κ2) is 11.2. The highest BCUT2D eigenvalue weighted by molar-refractivity contribution is 5.79. The van der Waals surface area contributed by atoms with Crippen molar-refractivity contribution in [2.75, 3.05) is 33.4 Å². The summed E-state index contributed by atoms with van der Waals surface area (Å²) < 4.78 is 5.46. The first-order chi connectivity index (χ1) is 13.2. The van der Waals surface area contributed by atoms with Crippen LogP contribution in [-0.2, 0) is 0 Å². The molecule has 2 unspecified atom stereocenters. The molecule has 0 bridgehead atoms. The number of methoxy groups -OCH3 is 1. The molecule has 2 atom stereocenters. The summed E-state index contributed by atoms with van der Waals surface area (Å²) in [6, 6.07) is 18.1. The number of hydrogen-bond acceptors (Lipinski definition) is 3. The normalized spacial score (nSPS) is 13.7. The molecule has 0 amide bonds. The third-order valence-electron chi connectivity index (χ3n) is 4.54. The maximum absolute atomic E-state index is 9.73. The molecule has 2 aromatic carbocycles. The van der Waals surface area contributed by atoms with Gasteiger partial charge in [0, 0.05) is 31.5 Å². The topological polar surface area (TPSA) is 65.9 Å². The van der Waals surface area contributed by atoms with E-state index in [1.54, 1.807) is 7.11 Å². The van der Waals surface area contributed by atoms with Crippen LogP contribution in [0.25, 0.3) is 0 Å². The summed E-state index contributed by atoms with van der Waals surface area (Å²) in [5, 5.41) is 16.4. The predicted molar refractivity (Wildman–Crippen MR) is 112 cm³/mol. The fraction of sp³-hybridized carbons (Fsp3) is 0.409. The number of rotatable bonds is 9. The molecule has 146 valence electrons. The van der Waals surface area contributed by atoms with E-state index in [1.807, 2.05) is 55.5 Å². The molecule has 0 aliphatic rings. The van der Waals surface area contributed by atoms with Crippen LogP contribution in [0, 0.1) is 0 Å². The highest BCUT2D eigenvalue weighted by atomic mass is 16.5. The molecule has 0 spiro atoms. The van der Waals surface area contributed by atoms with Gasteiger partial charge in [0.05, 0.1) is 13.7 Å². The summed E-state index contributed by atoms with van der Waals surface area (Å²) in [5.41, 5.74) is 2.27. The van der Waals surface area contributed by atoms with E-state index in [2.05, 4.69) is 23.6 Å². The monoisotopic (exact) mass is 369 g/mol. The van der Waals surface area contributed by atoms with Crippen molar-refractivity contribution in [2.45, 2.75) is 25.7 Å². The van der Waals surface area contributed by atoms with Crippen molar-refractivity contribution in [1.82, 2.24) is 10.6 Å². The molecular formula is C22H31N3O2. The first-order valence-electron chi connectivity index (χ1n) is 9.50. The number of nitrogens with one attached hydrogen (secondary N) is 2. The van der Waals surface area contributed by atoms with Crippen LogP contribution in [0.2, 0.25) is 0 Å². The zero-order valence-corrected chi connectivity index (χ0v) is 16.5. The molecule has 5 nitrogen and oxygen atoms in total. The summed E-state index contributed by atoms with van der Waals surface area (Å²) in [6.45, 7) is 6.32. The van der Waals surface area contributed by atoms with E-state index in [0.29, 0.717) is 13.1 Å². The van der Waals surface area contributed by atoms with E-state index >= 15 is 0 Å². The summed E-state index contributed by atoms with van der Waals surface area (Å²) in [6.07, 6.45) is 0. The number of nitrogens with zero attached hydrogens (tertiary/aromatic N) is 1. The molecule has 0 heterocycles. The summed E-state index contributed by atoms with van der Waals surface area (Å²) in [7, 11) is 1.69. The van der Waals surface area contributed by atoms with Crippen LogP contribution in [0.3, 0.4) is 0 Å². The summed E-state index contributed by atoms with van der Waals surface area (Å²) >= 11 is 0. The highest BCUT2D eigenvalue weighted by Gasteiger charge is 2.13. The maximum Gasteiger partial charge on any atom is 0.191 e. The van der Waals surface area contributed by atoms with Gasteiger partial charge in [0.2, 0.25) is 0 Å². The van der Waals surface area contributed by atoms with Gasteiger partial charge in [-0.3, -0.25) is 4.99 Å². The molecular weight excluding hydrogens is 338 g/mol. The number of benzene rings is 2. The Hall–Kier alpha value is -2.53. The SMILES string of the molecule is CCNC(=NCC(C)c1ccccc1OC)NCC(CO)c1ccccc1. The summed E-state index contributed by atoms with van der Waals surface area (Å²) in [4.78, 5) is 4.72. The largest absolute Gasteiger partial charge is 0.496 e. The Balaban J connectivity index is 2.01. The molecule has 0 radical (unpaired) electrons. The van der Waals surface area contributed by atoms with Crippen LogP contribution < -0.4 is 15.4 Å². The van der Waals surface area contributed by atoms with Crippen LogP contribution in [0.15, 0.2) is 59.6 Å². The third-order valence-corrected chi connectivity index (χ3v) is 4.54. The van der Waals surface area contributed by atoms with Crippen LogP contribution in [0.5, 0.6) is 5.75 Å². The lowest BCUT2D eigenvalue weighted by Gasteiger charge is -2.19. The predicted octanol–water partition coefficient (Wildman–Crippen LogP) is 3.13. The van der Waals surface area contributed by atoms with Gasteiger partial charge < -0.3 is 20.5 Å². The number of ether oxygens (including phenoxy) is 1. The fourth-order valence-corrected chi connectivity index (χ4v) is 2.97. The van der Waals surface area contributed by atoms with Gasteiger partial charge in [-0.15, -0.1) is 0 Å². The second-order valence-corrected chi connectivity index (χ2v) is 6.53. The Morgan fingerprint density at radius 3 is 2.44 bits per heavy atom. The average Bonchev–Trinajstić information content (AvgIpc) is 2.72. The molecule has 5 heteroatoms. The van der Waals surface area contributed by atoms with E-state index in [0.717, 1.165) is 29.4 Å². The van der Waals surface area contributed by atoms with Gasteiger partial charge in [-0.2, -0.15) is 0 Å². The first-order valence-corrected chi connectivity index (χ1v) is 9.50.